The highest BCUT2D eigenvalue weighted by Crippen LogP contribution is 2.23. The molecule has 9 heteroatoms. The van der Waals surface area contributed by atoms with E-state index in [0.717, 1.165) is 31.5 Å². The van der Waals surface area contributed by atoms with Crippen molar-refractivity contribution < 1.29 is 27.4 Å². The lowest BCUT2D eigenvalue weighted by Gasteiger charge is -2.29. The van der Waals surface area contributed by atoms with Gasteiger partial charge in [0.15, 0.2) is 0 Å². The van der Waals surface area contributed by atoms with Gasteiger partial charge in [0.2, 0.25) is 0 Å². The van der Waals surface area contributed by atoms with Crippen molar-refractivity contribution in [3.05, 3.63) is 29.8 Å². The highest BCUT2D eigenvalue weighted by Gasteiger charge is 2.34. The molecule has 0 spiro atoms. The van der Waals surface area contributed by atoms with Crippen LogP contribution in [-0.2, 0) is 4.74 Å². The third-order valence-corrected chi connectivity index (χ3v) is 3.69. The maximum Gasteiger partial charge on any atom is 0.573 e. The number of hydrogen-bond donors (Lipinski definition) is 2. The van der Waals surface area contributed by atoms with E-state index in [1.165, 1.54) is 12.1 Å². The number of hydrogen-bond acceptors (Lipinski definition) is 4. The molecule has 1 saturated heterocycles. The van der Waals surface area contributed by atoms with E-state index < -0.39 is 6.36 Å². The summed E-state index contributed by atoms with van der Waals surface area (Å²) < 4.78 is 45.2. The highest BCUT2D eigenvalue weighted by molar-refractivity contribution is 5.94. The summed E-state index contributed by atoms with van der Waals surface area (Å²) in [5, 5.41) is 6.12. The predicted octanol–water partition coefficient (Wildman–Crippen LogP) is 2.51. The summed E-state index contributed by atoms with van der Waals surface area (Å²) in [6, 6.07) is 4.81. The molecule has 0 radical (unpaired) electrons. The molecule has 1 atom stereocenters. The van der Waals surface area contributed by atoms with Crippen LogP contribution in [0, 0.1) is 0 Å². The van der Waals surface area contributed by atoms with Gasteiger partial charge >= 0.3 is 6.36 Å². The molecule has 136 valence electrons. The summed E-state index contributed by atoms with van der Waals surface area (Å²) in [5.74, 6) is -0.713. The maximum atomic E-state index is 12.1. The lowest BCUT2D eigenvalue weighted by molar-refractivity contribution is -0.274. The van der Waals surface area contributed by atoms with Gasteiger partial charge in [-0.1, -0.05) is 0 Å². The van der Waals surface area contributed by atoms with E-state index in [2.05, 4.69) is 15.4 Å². The number of amides is 1. The molecule has 0 aliphatic carbocycles. The molecule has 1 aromatic carbocycles. The van der Waals surface area contributed by atoms with Crippen LogP contribution < -0.4 is 15.4 Å². The van der Waals surface area contributed by atoms with Crippen molar-refractivity contribution in [2.24, 2.45) is 0 Å². The summed E-state index contributed by atoms with van der Waals surface area (Å²) in [6.07, 6.45) is -2.85. The number of alkyl halides is 3. The zero-order valence-electron chi connectivity index (χ0n) is 13.1. The lowest BCUT2D eigenvalue weighted by atomic mass is 9.98. The Labute approximate surface area is 144 Å². The number of nitrogens with one attached hydrogen (secondary N) is 2. The minimum atomic E-state index is -4.75. The van der Waals surface area contributed by atoms with Gasteiger partial charge in [0.25, 0.3) is 5.91 Å². The van der Waals surface area contributed by atoms with Crippen molar-refractivity contribution >= 4 is 18.3 Å². The second-order valence-corrected chi connectivity index (χ2v) is 5.50. The molecule has 1 fully saturated rings. The normalized spacial score (nSPS) is 20.3. The average Bonchev–Trinajstić information content (AvgIpc) is 2.93. The third-order valence-electron chi connectivity index (χ3n) is 3.69. The fourth-order valence-corrected chi connectivity index (χ4v) is 2.63. The Morgan fingerprint density at radius 3 is 2.50 bits per heavy atom. The topological polar surface area (TPSA) is 59.6 Å². The van der Waals surface area contributed by atoms with Gasteiger partial charge in [-0.2, -0.15) is 0 Å². The molecule has 0 saturated carbocycles. The highest BCUT2D eigenvalue weighted by atomic mass is 35.5. The van der Waals surface area contributed by atoms with Gasteiger partial charge in [0.05, 0.1) is 12.1 Å². The molecule has 0 aromatic heterocycles. The molecular formula is C15H20ClF3N2O3. The van der Waals surface area contributed by atoms with Crippen LogP contribution in [0.3, 0.4) is 0 Å². The van der Waals surface area contributed by atoms with Crippen molar-refractivity contribution in [2.45, 2.75) is 24.7 Å². The average molecular weight is 369 g/mol. The SMILES string of the molecule is COCC1(CNC(=O)c2ccc(OC(F)(F)F)cc2)CCCN1.Cl. The third kappa shape index (κ3) is 5.85. The molecule has 2 rings (SSSR count). The van der Waals surface area contributed by atoms with E-state index in [0.29, 0.717) is 13.2 Å². The first kappa shape index (κ1) is 20.5. The number of halogens is 4. The first-order valence-corrected chi connectivity index (χ1v) is 7.22. The Morgan fingerprint density at radius 2 is 2.00 bits per heavy atom. The van der Waals surface area contributed by atoms with Gasteiger partial charge in [-0.25, -0.2) is 0 Å². The second kappa shape index (κ2) is 8.55. The van der Waals surface area contributed by atoms with E-state index in [9.17, 15) is 18.0 Å². The van der Waals surface area contributed by atoms with Crippen LogP contribution in [0.5, 0.6) is 5.75 Å². The van der Waals surface area contributed by atoms with Crippen LogP contribution in [0.4, 0.5) is 13.2 Å². The number of carbonyl (C=O) groups is 1. The monoisotopic (exact) mass is 368 g/mol. The minimum absolute atomic E-state index is 0. The molecule has 1 aliphatic heterocycles. The van der Waals surface area contributed by atoms with Crippen LogP contribution in [0.15, 0.2) is 24.3 Å². The molecule has 1 amide bonds. The van der Waals surface area contributed by atoms with Gasteiger partial charge in [-0.3, -0.25) is 4.79 Å². The molecule has 0 bridgehead atoms. The van der Waals surface area contributed by atoms with Crippen LogP contribution in [0.2, 0.25) is 0 Å². The molecule has 1 aromatic rings. The Hall–Kier alpha value is -1.51. The Balaban J connectivity index is 0.00000288. The summed E-state index contributed by atoms with van der Waals surface area (Å²) >= 11 is 0. The Kier molecular flexibility index (Phi) is 7.31. The fraction of sp³-hybridized carbons (Fsp3) is 0.533. The van der Waals surface area contributed by atoms with Gasteiger partial charge in [-0.05, 0) is 43.7 Å². The Morgan fingerprint density at radius 1 is 1.33 bits per heavy atom. The molecule has 5 nitrogen and oxygen atoms in total. The summed E-state index contributed by atoms with van der Waals surface area (Å²) in [7, 11) is 1.60. The first-order chi connectivity index (χ1) is 10.8. The predicted molar refractivity (Wildman–Crippen MR) is 84.5 cm³/mol. The fourth-order valence-electron chi connectivity index (χ4n) is 2.63. The molecular weight excluding hydrogens is 349 g/mol. The van der Waals surface area contributed by atoms with E-state index in [1.807, 2.05) is 0 Å². The second-order valence-electron chi connectivity index (χ2n) is 5.50. The summed E-state index contributed by atoms with van der Waals surface area (Å²) in [6.45, 7) is 1.73. The van der Waals surface area contributed by atoms with Crippen molar-refractivity contribution in [1.82, 2.24) is 10.6 Å². The Bertz CT molecular complexity index is 532. The van der Waals surface area contributed by atoms with Crippen LogP contribution >= 0.6 is 12.4 Å². The first-order valence-electron chi connectivity index (χ1n) is 7.22. The maximum absolute atomic E-state index is 12.1. The van der Waals surface area contributed by atoms with Crippen molar-refractivity contribution in [2.75, 3.05) is 26.8 Å². The van der Waals surface area contributed by atoms with Gasteiger partial charge in [0.1, 0.15) is 5.75 Å². The standard InChI is InChI=1S/C15H19F3N2O3.ClH/c1-22-10-14(7-2-8-20-14)9-19-13(21)11-3-5-12(6-4-11)23-15(16,17)18;/h3-6,20H,2,7-10H2,1H3,(H,19,21);1H. The van der Waals surface area contributed by atoms with Gasteiger partial charge in [-0.15, -0.1) is 25.6 Å². The van der Waals surface area contributed by atoms with Gasteiger partial charge < -0.3 is 20.1 Å². The van der Waals surface area contributed by atoms with E-state index in [4.69, 9.17) is 4.74 Å². The van der Waals surface area contributed by atoms with Crippen molar-refractivity contribution in [1.29, 1.82) is 0 Å². The van der Waals surface area contributed by atoms with Crippen molar-refractivity contribution in [3.63, 3.8) is 0 Å². The molecule has 1 heterocycles. The van der Waals surface area contributed by atoms with Crippen LogP contribution in [-0.4, -0.2) is 44.6 Å². The van der Waals surface area contributed by atoms with Crippen LogP contribution in [0.1, 0.15) is 23.2 Å². The number of benzene rings is 1. The van der Waals surface area contributed by atoms with E-state index in [-0.39, 0.29) is 35.2 Å². The summed E-state index contributed by atoms with van der Waals surface area (Å²) in [4.78, 5) is 12.1. The molecule has 2 N–H and O–H groups in total. The molecule has 1 unspecified atom stereocenters. The van der Waals surface area contributed by atoms with E-state index in [1.54, 1.807) is 7.11 Å². The largest absolute Gasteiger partial charge is 0.573 e. The van der Waals surface area contributed by atoms with Crippen molar-refractivity contribution in [3.8, 4) is 5.75 Å². The lowest BCUT2D eigenvalue weighted by Crippen LogP contribution is -2.52. The molecule has 24 heavy (non-hydrogen) atoms. The van der Waals surface area contributed by atoms with E-state index >= 15 is 0 Å². The summed E-state index contributed by atoms with van der Waals surface area (Å²) in [5.41, 5.74) is -0.0194. The zero-order chi connectivity index (χ0) is 16.9. The zero-order valence-corrected chi connectivity index (χ0v) is 13.9. The smallest absolute Gasteiger partial charge is 0.406 e. The van der Waals surface area contributed by atoms with Gasteiger partial charge in [0, 0.05) is 19.2 Å². The number of methoxy groups -OCH3 is 1. The quantitative estimate of drug-likeness (QED) is 0.810. The number of ether oxygens (including phenoxy) is 2. The number of rotatable bonds is 6. The van der Waals surface area contributed by atoms with Crippen LogP contribution in [0.25, 0.3) is 0 Å². The number of carbonyl (C=O) groups excluding carboxylic acids is 1. The molecule has 1 aliphatic rings. The minimum Gasteiger partial charge on any atom is -0.406 e.